The van der Waals surface area contributed by atoms with Crippen molar-refractivity contribution in [1.29, 1.82) is 0 Å². The van der Waals surface area contributed by atoms with Crippen LogP contribution in [0.5, 0.6) is 0 Å². The highest BCUT2D eigenvalue weighted by Gasteiger charge is 2.16. The molecular weight excluding hydrogens is 324 g/mol. The van der Waals surface area contributed by atoms with Crippen LogP contribution in [-0.4, -0.2) is 21.9 Å². The minimum absolute atomic E-state index is 0.160. The van der Waals surface area contributed by atoms with Gasteiger partial charge in [0, 0.05) is 18.3 Å². The molecule has 1 aliphatic rings. The Kier molecular flexibility index (Phi) is 4.86. The first-order valence-corrected chi connectivity index (χ1v) is 9.35. The maximum atomic E-state index is 12.2. The molecule has 134 valence electrons. The Balaban J connectivity index is 1.40. The van der Waals surface area contributed by atoms with Gasteiger partial charge in [0.1, 0.15) is 0 Å². The number of carbonyl (C=O) groups is 1. The Morgan fingerprint density at radius 2 is 1.85 bits per heavy atom. The molecule has 1 fully saturated rings. The van der Waals surface area contributed by atoms with Gasteiger partial charge in [-0.25, -0.2) is 4.79 Å². The lowest BCUT2D eigenvalue weighted by Gasteiger charge is -2.22. The molecule has 0 bridgehead atoms. The molecule has 0 saturated heterocycles. The second kappa shape index (κ2) is 7.60. The summed E-state index contributed by atoms with van der Waals surface area (Å²) in [6.45, 7) is 0.674. The molecule has 3 aromatic rings. The molecule has 2 aromatic carbocycles. The molecule has 26 heavy (non-hydrogen) atoms. The summed E-state index contributed by atoms with van der Waals surface area (Å²) < 4.78 is 1.86. The van der Waals surface area contributed by atoms with E-state index in [1.54, 1.807) is 0 Å². The summed E-state index contributed by atoms with van der Waals surface area (Å²) >= 11 is 0. The zero-order valence-corrected chi connectivity index (χ0v) is 14.8. The third kappa shape index (κ3) is 3.87. The number of hydrogen-bond donors (Lipinski definition) is 2. The van der Waals surface area contributed by atoms with Crippen LogP contribution in [0.15, 0.2) is 54.7 Å². The van der Waals surface area contributed by atoms with Crippen molar-refractivity contribution >= 4 is 22.6 Å². The molecule has 5 nitrogen and oxygen atoms in total. The predicted molar refractivity (Wildman–Crippen MR) is 104 cm³/mol. The van der Waals surface area contributed by atoms with Crippen LogP contribution in [-0.2, 0) is 6.54 Å². The molecule has 0 atom stereocenters. The van der Waals surface area contributed by atoms with Gasteiger partial charge < -0.3 is 5.32 Å². The fraction of sp³-hybridized carbons (Fsp3) is 0.333. The van der Waals surface area contributed by atoms with Gasteiger partial charge in [-0.1, -0.05) is 61.7 Å². The number of anilines is 1. The van der Waals surface area contributed by atoms with Crippen LogP contribution >= 0.6 is 0 Å². The predicted octanol–water partition coefficient (Wildman–Crippen LogP) is 4.54. The topological polar surface area (TPSA) is 59.0 Å². The lowest BCUT2D eigenvalue weighted by molar-refractivity contribution is 0.244. The number of amides is 2. The number of fused-ring (bicyclic) bond motifs is 1. The second-order valence-corrected chi connectivity index (χ2v) is 6.97. The lowest BCUT2D eigenvalue weighted by Crippen LogP contribution is -2.39. The molecule has 5 heteroatoms. The van der Waals surface area contributed by atoms with Gasteiger partial charge in [-0.2, -0.15) is 5.10 Å². The highest BCUT2D eigenvalue weighted by atomic mass is 16.2. The number of aromatic nitrogens is 2. The van der Waals surface area contributed by atoms with E-state index in [1.165, 1.54) is 35.6 Å². The average molecular weight is 348 g/mol. The number of carbonyl (C=O) groups excluding carboxylic acids is 1. The number of nitrogens with zero attached hydrogens (tertiary/aromatic N) is 2. The van der Waals surface area contributed by atoms with Gasteiger partial charge in [0.25, 0.3) is 0 Å². The van der Waals surface area contributed by atoms with Crippen molar-refractivity contribution in [3.8, 4) is 0 Å². The number of nitrogens with one attached hydrogen (secondary N) is 2. The number of benzene rings is 2. The Labute approximate surface area is 153 Å². The van der Waals surface area contributed by atoms with Gasteiger partial charge in [-0.15, -0.1) is 0 Å². The SMILES string of the molecule is O=C(Nc1ccn(Cc2cccc3ccccc23)n1)NC1CCCCC1. The Bertz CT molecular complexity index is 890. The van der Waals surface area contributed by atoms with Crippen molar-refractivity contribution in [2.75, 3.05) is 5.32 Å². The summed E-state index contributed by atoms with van der Waals surface area (Å²) in [4.78, 5) is 12.2. The third-order valence-corrected chi connectivity index (χ3v) is 5.03. The minimum Gasteiger partial charge on any atom is -0.335 e. The van der Waals surface area contributed by atoms with Crippen LogP contribution in [0.4, 0.5) is 10.6 Å². The van der Waals surface area contributed by atoms with E-state index in [9.17, 15) is 4.79 Å². The van der Waals surface area contributed by atoms with Crippen molar-refractivity contribution in [3.05, 3.63) is 60.3 Å². The highest BCUT2D eigenvalue weighted by molar-refractivity contribution is 5.88. The van der Waals surface area contributed by atoms with Crippen molar-refractivity contribution in [2.24, 2.45) is 0 Å². The van der Waals surface area contributed by atoms with Crippen LogP contribution in [0.2, 0.25) is 0 Å². The third-order valence-electron chi connectivity index (χ3n) is 5.03. The van der Waals surface area contributed by atoms with Crippen LogP contribution in [0.1, 0.15) is 37.7 Å². The molecule has 0 unspecified atom stereocenters. The van der Waals surface area contributed by atoms with Crippen LogP contribution < -0.4 is 10.6 Å². The molecule has 2 amide bonds. The molecule has 1 saturated carbocycles. The van der Waals surface area contributed by atoms with Gasteiger partial charge in [-0.3, -0.25) is 10.00 Å². The Morgan fingerprint density at radius 1 is 1.04 bits per heavy atom. The van der Waals surface area contributed by atoms with Crippen molar-refractivity contribution in [3.63, 3.8) is 0 Å². The molecular formula is C21H24N4O. The standard InChI is InChI=1S/C21H24N4O/c26-21(22-18-10-2-1-3-11-18)23-20-13-14-25(24-20)15-17-9-6-8-16-7-4-5-12-19(16)17/h4-9,12-14,18H,1-3,10-11,15H2,(H2,22,23,24,26). The fourth-order valence-corrected chi connectivity index (χ4v) is 3.71. The first kappa shape index (κ1) is 16.6. The highest BCUT2D eigenvalue weighted by Crippen LogP contribution is 2.20. The van der Waals surface area contributed by atoms with E-state index in [0.717, 1.165) is 12.8 Å². The summed E-state index contributed by atoms with van der Waals surface area (Å²) in [5, 5.41) is 12.8. The summed E-state index contributed by atoms with van der Waals surface area (Å²) in [6.07, 6.45) is 7.72. The molecule has 1 heterocycles. The monoisotopic (exact) mass is 348 g/mol. The Morgan fingerprint density at radius 3 is 2.73 bits per heavy atom. The van der Waals surface area contributed by atoms with Gasteiger partial charge in [0.05, 0.1) is 6.54 Å². The van der Waals surface area contributed by atoms with Crippen molar-refractivity contribution < 1.29 is 4.79 Å². The van der Waals surface area contributed by atoms with Crippen molar-refractivity contribution in [2.45, 2.75) is 44.7 Å². The van der Waals surface area contributed by atoms with E-state index in [0.29, 0.717) is 18.4 Å². The zero-order valence-electron chi connectivity index (χ0n) is 14.8. The van der Waals surface area contributed by atoms with E-state index >= 15 is 0 Å². The molecule has 1 aliphatic carbocycles. The normalized spacial score (nSPS) is 15.1. The van der Waals surface area contributed by atoms with E-state index in [4.69, 9.17) is 0 Å². The minimum atomic E-state index is -0.160. The van der Waals surface area contributed by atoms with Gasteiger partial charge in [0.15, 0.2) is 5.82 Å². The Hall–Kier alpha value is -2.82. The number of urea groups is 1. The maximum Gasteiger partial charge on any atom is 0.320 e. The van der Waals surface area contributed by atoms with E-state index < -0.39 is 0 Å². The number of rotatable bonds is 4. The van der Waals surface area contributed by atoms with Gasteiger partial charge in [0.2, 0.25) is 0 Å². The summed E-state index contributed by atoms with van der Waals surface area (Å²) in [7, 11) is 0. The molecule has 1 aromatic heterocycles. The zero-order chi connectivity index (χ0) is 17.8. The van der Waals surface area contributed by atoms with Crippen LogP contribution in [0, 0.1) is 0 Å². The summed E-state index contributed by atoms with van der Waals surface area (Å²) in [6, 6.07) is 16.6. The van der Waals surface area contributed by atoms with E-state index in [-0.39, 0.29) is 6.03 Å². The second-order valence-electron chi connectivity index (χ2n) is 6.97. The molecule has 4 rings (SSSR count). The average Bonchev–Trinajstić information content (AvgIpc) is 3.09. The molecule has 2 N–H and O–H groups in total. The number of hydrogen-bond acceptors (Lipinski definition) is 2. The van der Waals surface area contributed by atoms with E-state index in [2.05, 4.69) is 52.1 Å². The molecule has 0 radical (unpaired) electrons. The van der Waals surface area contributed by atoms with Gasteiger partial charge >= 0.3 is 6.03 Å². The van der Waals surface area contributed by atoms with Crippen LogP contribution in [0.3, 0.4) is 0 Å². The van der Waals surface area contributed by atoms with Gasteiger partial charge in [-0.05, 0) is 29.2 Å². The van der Waals surface area contributed by atoms with E-state index in [1.807, 2.05) is 23.0 Å². The maximum absolute atomic E-state index is 12.2. The lowest BCUT2D eigenvalue weighted by atomic mass is 9.96. The quantitative estimate of drug-likeness (QED) is 0.727. The molecule has 0 aliphatic heterocycles. The first-order chi connectivity index (χ1) is 12.8. The van der Waals surface area contributed by atoms with Crippen molar-refractivity contribution in [1.82, 2.24) is 15.1 Å². The first-order valence-electron chi connectivity index (χ1n) is 9.35. The smallest absolute Gasteiger partial charge is 0.320 e. The fourth-order valence-electron chi connectivity index (χ4n) is 3.71. The largest absolute Gasteiger partial charge is 0.335 e. The van der Waals surface area contributed by atoms with Crippen LogP contribution in [0.25, 0.3) is 10.8 Å². The molecule has 0 spiro atoms. The summed E-state index contributed by atoms with van der Waals surface area (Å²) in [5.41, 5.74) is 1.21. The summed E-state index contributed by atoms with van der Waals surface area (Å²) in [5.74, 6) is 0.582.